The molecule has 0 unspecified atom stereocenters. The number of carbonyl (C=O) groups excluding carboxylic acids is 2. The van der Waals surface area contributed by atoms with Crippen LogP contribution in [0.3, 0.4) is 0 Å². The first kappa shape index (κ1) is 18.9. The topological polar surface area (TPSA) is 93.1 Å². The minimum atomic E-state index is -0.980. The molecule has 0 radical (unpaired) electrons. The second-order valence-electron chi connectivity index (χ2n) is 6.05. The Bertz CT molecular complexity index is 337. The highest BCUT2D eigenvalue weighted by molar-refractivity contribution is 6.01. The maximum Gasteiger partial charge on any atom is 0.323 e. The fraction of sp³-hybridized carbons (Fsp3) is 0.875. The molecule has 0 spiro atoms. The summed E-state index contributed by atoms with van der Waals surface area (Å²) in [4.78, 5) is 23.1. The van der Waals surface area contributed by atoms with E-state index in [4.69, 9.17) is 19.7 Å². The molecule has 2 aliphatic rings. The van der Waals surface area contributed by atoms with Gasteiger partial charge in [0.05, 0.1) is 26.4 Å². The van der Waals surface area contributed by atoms with Crippen molar-refractivity contribution in [2.24, 2.45) is 10.8 Å². The van der Waals surface area contributed by atoms with Gasteiger partial charge in [-0.25, -0.2) is 0 Å². The van der Waals surface area contributed by atoms with Crippen molar-refractivity contribution in [2.75, 3.05) is 26.4 Å². The molecule has 0 aromatic carbocycles. The maximum atomic E-state index is 11.5. The van der Waals surface area contributed by atoms with E-state index >= 15 is 0 Å². The average Bonchev–Trinajstić information content (AvgIpc) is 2.39. The van der Waals surface area contributed by atoms with E-state index in [0.29, 0.717) is 26.1 Å². The van der Waals surface area contributed by atoms with Crippen LogP contribution >= 0.6 is 0 Å². The van der Waals surface area contributed by atoms with E-state index in [1.807, 2.05) is 0 Å². The molecular formula is C16H28O6. The summed E-state index contributed by atoms with van der Waals surface area (Å²) in [7, 11) is 0. The van der Waals surface area contributed by atoms with Gasteiger partial charge < -0.3 is 19.7 Å². The van der Waals surface area contributed by atoms with Gasteiger partial charge in [-0.15, -0.1) is 0 Å². The molecule has 0 heterocycles. The Morgan fingerprint density at radius 2 is 1.27 bits per heavy atom. The fourth-order valence-corrected chi connectivity index (χ4v) is 2.60. The molecule has 0 saturated heterocycles. The lowest BCUT2D eigenvalue weighted by Gasteiger charge is -2.38. The maximum absolute atomic E-state index is 11.5. The molecule has 6 nitrogen and oxygen atoms in total. The van der Waals surface area contributed by atoms with E-state index in [-0.39, 0.29) is 18.6 Å². The Kier molecular flexibility index (Phi) is 7.29. The van der Waals surface area contributed by atoms with Crippen LogP contribution in [-0.4, -0.2) is 48.6 Å². The first-order chi connectivity index (χ1) is 10.5. The van der Waals surface area contributed by atoms with Crippen LogP contribution in [0.25, 0.3) is 0 Å². The number of carbonyl (C=O) groups is 2. The minimum Gasteiger partial charge on any atom is -0.465 e. The molecule has 2 fully saturated rings. The Morgan fingerprint density at radius 3 is 1.41 bits per heavy atom. The van der Waals surface area contributed by atoms with Gasteiger partial charge in [0.1, 0.15) is 0 Å². The van der Waals surface area contributed by atoms with Crippen molar-refractivity contribution in [3.63, 3.8) is 0 Å². The predicted molar refractivity (Wildman–Crippen MR) is 80.0 cm³/mol. The fourth-order valence-electron chi connectivity index (χ4n) is 2.60. The molecule has 0 amide bonds. The van der Waals surface area contributed by atoms with E-state index in [1.54, 1.807) is 13.8 Å². The number of aliphatic hydroxyl groups excluding tert-OH is 2. The summed E-state index contributed by atoms with van der Waals surface area (Å²) in [5.74, 6) is -0.852. The van der Waals surface area contributed by atoms with E-state index in [2.05, 4.69) is 0 Å². The zero-order chi connectivity index (χ0) is 16.6. The van der Waals surface area contributed by atoms with Crippen molar-refractivity contribution < 1.29 is 29.3 Å². The molecule has 2 aliphatic carbocycles. The summed E-state index contributed by atoms with van der Waals surface area (Å²) in [6.45, 7) is 4.39. The van der Waals surface area contributed by atoms with Gasteiger partial charge in [-0.2, -0.15) is 0 Å². The smallest absolute Gasteiger partial charge is 0.323 e. The lowest BCUT2D eigenvalue weighted by atomic mass is 9.69. The van der Waals surface area contributed by atoms with Crippen LogP contribution in [0.15, 0.2) is 0 Å². The second-order valence-corrected chi connectivity index (χ2v) is 6.05. The highest BCUT2D eigenvalue weighted by Crippen LogP contribution is 2.43. The monoisotopic (exact) mass is 316 g/mol. The largest absolute Gasteiger partial charge is 0.465 e. The molecule has 0 aromatic rings. The van der Waals surface area contributed by atoms with Crippen LogP contribution in [0.1, 0.15) is 52.4 Å². The normalized spacial score (nSPS) is 20.5. The molecule has 2 rings (SSSR count). The quantitative estimate of drug-likeness (QED) is 0.569. The molecule has 128 valence electrons. The van der Waals surface area contributed by atoms with Crippen molar-refractivity contribution in [1.82, 2.24) is 0 Å². The van der Waals surface area contributed by atoms with Crippen LogP contribution < -0.4 is 0 Å². The van der Waals surface area contributed by atoms with Gasteiger partial charge in [0.15, 0.2) is 5.41 Å². The molecule has 6 heteroatoms. The third-order valence-corrected chi connectivity index (χ3v) is 4.62. The number of aliphatic hydroxyl groups is 2. The van der Waals surface area contributed by atoms with E-state index in [1.165, 1.54) is 6.42 Å². The Balaban J connectivity index is 0.000000255. The highest BCUT2D eigenvalue weighted by Gasteiger charge is 2.53. The SMILES string of the molecule is CCOC(=O)C1(C(=O)OCC)CCC1.OCC1(CO)CCC1. The zero-order valence-electron chi connectivity index (χ0n) is 13.6. The average molecular weight is 316 g/mol. The number of hydrogen-bond acceptors (Lipinski definition) is 6. The summed E-state index contributed by atoms with van der Waals surface area (Å²) in [6.07, 6.45) is 5.17. The third kappa shape index (κ3) is 3.98. The lowest BCUT2D eigenvalue weighted by molar-refractivity contribution is -0.178. The number of ether oxygens (including phenoxy) is 2. The molecule has 0 aromatic heterocycles. The molecule has 0 bridgehead atoms. The Morgan fingerprint density at radius 1 is 0.864 bits per heavy atom. The minimum absolute atomic E-state index is 0.0833. The van der Waals surface area contributed by atoms with Crippen LogP contribution in [0.5, 0.6) is 0 Å². The summed E-state index contributed by atoms with van der Waals surface area (Å²) in [6, 6.07) is 0. The second kappa shape index (κ2) is 8.48. The van der Waals surface area contributed by atoms with Crippen molar-refractivity contribution in [3.05, 3.63) is 0 Å². The highest BCUT2D eigenvalue weighted by atomic mass is 16.6. The summed E-state index contributed by atoms with van der Waals surface area (Å²) in [5, 5.41) is 17.4. The van der Waals surface area contributed by atoms with Crippen molar-refractivity contribution in [3.8, 4) is 0 Å². The van der Waals surface area contributed by atoms with Gasteiger partial charge in [0, 0.05) is 5.41 Å². The summed E-state index contributed by atoms with van der Waals surface area (Å²) in [5.41, 5.74) is -1.06. The molecular weight excluding hydrogens is 288 g/mol. The van der Waals surface area contributed by atoms with Crippen molar-refractivity contribution >= 4 is 11.9 Å². The standard InChI is InChI=1S/C10H16O4.C6H12O2/c1-3-13-8(11)10(6-5-7-10)9(12)14-4-2;7-4-6(5-8)2-1-3-6/h3-7H2,1-2H3;7-8H,1-5H2. The summed E-state index contributed by atoms with van der Waals surface area (Å²) >= 11 is 0. The van der Waals surface area contributed by atoms with Gasteiger partial charge >= 0.3 is 11.9 Å². The van der Waals surface area contributed by atoms with Crippen molar-refractivity contribution in [2.45, 2.75) is 52.4 Å². The van der Waals surface area contributed by atoms with Crippen LogP contribution in [0.2, 0.25) is 0 Å². The molecule has 0 aliphatic heterocycles. The Hall–Kier alpha value is -1.14. The molecule has 22 heavy (non-hydrogen) atoms. The molecule has 0 atom stereocenters. The lowest BCUT2D eigenvalue weighted by Crippen LogP contribution is -2.47. The van der Waals surface area contributed by atoms with Crippen LogP contribution in [-0.2, 0) is 19.1 Å². The first-order valence-electron chi connectivity index (χ1n) is 8.06. The number of esters is 2. The van der Waals surface area contributed by atoms with E-state index in [9.17, 15) is 9.59 Å². The predicted octanol–water partition coefficient (Wildman–Crippen LogP) is 1.42. The van der Waals surface area contributed by atoms with Gasteiger partial charge in [0.25, 0.3) is 0 Å². The molecule has 2 saturated carbocycles. The Labute approximate surface area is 131 Å². The third-order valence-electron chi connectivity index (χ3n) is 4.62. The summed E-state index contributed by atoms with van der Waals surface area (Å²) < 4.78 is 9.75. The number of rotatable bonds is 6. The van der Waals surface area contributed by atoms with Gasteiger partial charge in [-0.05, 0) is 46.0 Å². The first-order valence-corrected chi connectivity index (χ1v) is 8.06. The number of hydrogen-bond donors (Lipinski definition) is 2. The van der Waals surface area contributed by atoms with Crippen molar-refractivity contribution in [1.29, 1.82) is 0 Å². The van der Waals surface area contributed by atoms with Crippen LogP contribution in [0, 0.1) is 10.8 Å². The van der Waals surface area contributed by atoms with Gasteiger partial charge in [0.2, 0.25) is 0 Å². The van der Waals surface area contributed by atoms with E-state index < -0.39 is 17.4 Å². The zero-order valence-corrected chi connectivity index (χ0v) is 13.6. The van der Waals surface area contributed by atoms with Gasteiger partial charge in [-0.1, -0.05) is 6.42 Å². The van der Waals surface area contributed by atoms with Gasteiger partial charge in [-0.3, -0.25) is 9.59 Å². The molecule has 2 N–H and O–H groups in total. The van der Waals surface area contributed by atoms with Crippen LogP contribution in [0.4, 0.5) is 0 Å². The van der Waals surface area contributed by atoms with E-state index in [0.717, 1.165) is 19.3 Å².